The summed E-state index contributed by atoms with van der Waals surface area (Å²) in [7, 11) is 1.84. The highest BCUT2D eigenvalue weighted by Gasteiger charge is 2.22. The summed E-state index contributed by atoms with van der Waals surface area (Å²) in [6, 6.07) is 2.72. The fourth-order valence-corrected chi connectivity index (χ4v) is 3.99. The molecule has 1 aromatic heterocycles. The van der Waals surface area contributed by atoms with Gasteiger partial charge in [0.2, 0.25) is 0 Å². The van der Waals surface area contributed by atoms with Crippen molar-refractivity contribution in [3.8, 4) is 0 Å². The molecule has 0 aromatic carbocycles. The van der Waals surface area contributed by atoms with Gasteiger partial charge in [-0.3, -0.25) is 9.89 Å². The first kappa shape index (κ1) is 23.7. The number of aliphatic imine (C=N–C) groups is 1. The van der Waals surface area contributed by atoms with E-state index in [1.807, 2.05) is 7.05 Å². The molecular weight excluding hydrogens is 459 g/mol. The lowest BCUT2D eigenvalue weighted by atomic mass is 10.0. The molecule has 0 amide bonds. The Kier molecular flexibility index (Phi) is 11.7. The maximum Gasteiger partial charge on any atom is 0.191 e. The van der Waals surface area contributed by atoms with Gasteiger partial charge >= 0.3 is 0 Å². The molecule has 1 aliphatic rings. The Balaban J connectivity index is 0.00000338. The third-order valence-electron chi connectivity index (χ3n) is 4.72. The average molecular weight is 494 g/mol. The predicted molar refractivity (Wildman–Crippen MR) is 123 cm³/mol. The highest BCUT2D eigenvalue weighted by molar-refractivity contribution is 14.0. The monoisotopic (exact) mass is 494 g/mol. The quantitative estimate of drug-likeness (QED) is 0.331. The Morgan fingerprint density at radius 3 is 2.50 bits per heavy atom. The van der Waals surface area contributed by atoms with Crippen molar-refractivity contribution in [2.75, 3.05) is 46.4 Å². The first-order valence-corrected chi connectivity index (χ1v) is 10.3. The van der Waals surface area contributed by atoms with E-state index in [1.54, 1.807) is 11.3 Å². The van der Waals surface area contributed by atoms with Crippen LogP contribution in [0.15, 0.2) is 21.8 Å². The second-order valence-corrected chi connectivity index (χ2v) is 8.00. The standard InChI is InChI=1S/C19H34N4OS.HI/c1-15(2)11-18(23-6-8-24-9-7-23)13-22-19(20-4)21-12-16(3)17-5-10-25-14-17;/h5,10,14-16,18H,6-9,11-13H2,1-4H3,(H2,20,21,22);1H. The van der Waals surface area contributed by atoms with E-state index in [0.29, 0.717) is 17.9 Å². The first-order chi connectivity index (χ1) is 12.1. The lowest BCUT2D eigenvalue weighted by Crippen LogP contribution is -2.51. The van der Waals surface area contributed by atoms with Crippen LogP contribution in [-0.2, 0) is 4.74 Å². The van der Waals surface area contributed by atoms with Gasteiger partial charge in [0, 0.05) is 39.3 Å². The van der Waals surface area contributed by atoms with E-state index in [9.17, 15) is 0 Å². The number of thiophene rings is 1. The van der Waals surface area contributed by atoms with Crippen molar-refractivity contribution in [1.29, 1.82) is 0 Å². The number of hydrogen-bond acceptors (Lipinski definition) is 4. The maximum atomic E-state index is 5.50. The van der Waals surface area contributed by atoms with Gasteiger partial charge in [0.25, 0.3) is 0 Å². The summed E-state index contributed by atoms with van der Waals surface area (Å²) in [5, 5.41) is 11.4. The third-order valence-corrected chi connectivity index (χ3v) is 5.42. The van der Waals surface area contributed by atoms with Gasteiger partial charge in [-0.05, 0) is 40.6 Å². The molecule has 1 saturated heterocycles. The Hall–Kier alpha value is -0.380. The maximum absolute atomic E-state index is 5.50. The zero-order chi connectivity index (χ0) is 18.1. The number of nitrogens with zero attached hydrogens (tertiary/aromatic N) is 2. The fourth-order valence-electron chi connectivity index (χ4n) is 3.21. The third kappa shape index (κ3) is 8.10. The molecule has 1 aliphatic heterocycles. The topological polar surface area (TPSA) is 48.9 Å². The number of hydrogen-bond donors (Lipinski definition) is 2. The van der Waals surface area contributed by atoms with Crippen LogP contribution in [0.4, 0.5) is 0 Å². The number of guanidine groups is 1. The smallest absolute Gasteiger partial charge is 0.191 e. The van der Waals surface area contributed by atoms with Crippen LogP contribution >= 0.6 is 35.3 Å². The van der Waals surface area contributed by atoms with Gasteiger partial charge in [-0.15, -0.1) is 24.0 Å². The van der Waals surface area contributed by atoms with Crippen LogP contribution in [0.2, 0.25) is 0 Å². The molecule has 26 heavy (non-hydrogen) atoms. The number of ether oxygens (including phenoxy) is 1. The van der Waals surface area contributed by atoms with Crippen LogP contribution < -0.4 is 10.6 Å². The lowest BCUT2D eigenvalue weighted by molar-refractivity contribution is 0.0132. The van der Waals surface area contributed by atoms with Gasteiger partial charge in [0.1, 0.15) is 0 Å². The van der Waals surface area contributed by atoms with Crippen molar-refractivity contribution in [2.45, 2.75) is 39.2 Å². The number of rotatable bonds is 8. The van der Waals surface area contributed by atoms with E-state index in [0.717, 1.165) is 45.4 Å². The summed E-state index contributed by atoms with van der Waals surface area (Å²) in [5.41, 5.74) is 1.39. The summed E-state index contributed by atoms with van der Waals surface area (Å²) in [5.74, 6) is 2.06. The minimum atomic E-state index is 0. The van der Waals surface area contributed by atoms with Gasteiger partial charge in [-0.2, -0.15) is 11.3 Å². The van der Waals surface area contributed by atoms with Crippen LogP contribution in [0.5, 0.6) is 0 Å². The molecule has 2 heterocycles. The van der Waals surface area contributed by atoms with Crippen molar-refractivity contribution in [2.24, 2.45) is 10.9 Å². The highest BCUT2D eigenvalue weighted by Crippen LogP contribution is 2.17. The molecule has 2 atom stereocenters. The molecule has 150 valence electrons. The SMILES string of the molecule is CN=C(NCC(C)c1ccsc1)NCC(CC(C)C)N1CCOCC1.I. The Morgan fingerprint density at radius 2 is 1.92 bits per heavy atom. The molecule has 2 rings (SSSR count). The van der Waals surface area contributed by atoms with Crippen LogP contribution in [0.25, 0.3) is 0 Å². The van der Waals surface area contributed by atoms with Crippen molar-refractivity contribution < 1.29 is 4.74 Å². The summed E-state index contributed by atoms with van der Waals surface area (Å²) >= 11 is 1.75. The lowest BCUT2D eigenvalue weighted by Gasteiger charge is -2.35. The van der Waals surface area contributed by atoms with Crippen LogP contribution in [0.1, 0.15) is 38.7 Å². The second kappa shape index (κ2) is 12.9. The molecule has 2 N–H and O–H groups in total. The molecule has 1 aromatic rings. The second-order valence-electron chi connectivity index (χ2n) is 7.22. The summed E-state index contributed by atoms with van der Waals surface area (Å²) < 4.78 is 5.50. The van der Waals surface area contributed by atoms with Gasteiger partial charge in [-0.25, -0.2) is 0 Å². The molecule has 1 fully saturated rings. The van der Waals surface area contributed by atoms with Crippen molar-refractivity contribution in [3.63, 3.8) is 0 Å². The van der Waals surface area contributed by atoms with Crippen molar-refractivity contribution >= 4 is 41.3 Å². The molecule has 5 nitrogen and oxygen atoms in total. The minimum Gasteiger partial charge on any atom is -0.379 e. The molecule has 0 aliphatic carbocycles. The molecule has 7 heteroatoms. The van der Waals surface area contributed by atoms with E-state index < -0.39 is 0 Å². The van der Waals surface area contributed by atoms with Crippen LogP contribution in [-0.4, -0.2) is 63.3 Å². The summed E-state index contributed by atoms with van der Waals surface area (Å²) in [6.45, 7) is 12.4. The molecule has 0 saturated carbocycles. The van der Waals surface area contributed by atoms with Gasteiger partial charge in [-0.1, -0.05) is 20.8 Å². The number of nitrogens with one attached hydrogen (secondary N) is 2. The fraction of sp³-hybridized carbons (Fsp3) is 0.737. The van der Waals surface area contributed by atoms with Gasteiger partial charge in [0.05, 0.1) is 13.2 Å². The van der Waals surface area contributed by atoms with Crippen LogP contribution in [0, 0.1) is 5.92 Å². The van der Waals surface area contributed by atoms with E-state index in [-0.39, 0.29) is 24.0 Å². The van der Waals surface area contributed by atoms with Gasteiger partial charge < -0.3 is 15.4 Å². The van der Waals surface area contributed by atoms with Crippen molar-refractivity contribution in [1.82, 2.24) is 15.5 Å². The first-order valence-electron chi connectivity index (χ1n) is 9.38. The summed E-state index contributed by atoms with van der Waals surface area (Å²) in [4.78, 5) is 6.94. The molecular formula is C19H35IN4OS. The largest absolute Gasteiger partial charge is 0.379 e. The Labute approximate surface area is 180 Å². The Morgan fingerprint density at radius 1 is 1.23 bits per heavy atom. The predicted octanol–water partition coefficient (Wildman–Crippen LogP) is 3.38. The number of morpholine rings is 1. The van der Waals surface area contributed by atoms with Crippen LogP contribution in [0.3, 0.4) is 0 Å². The minimum absolute atomic E-state index is 0. The molecule has 0 radical (unpaired) electrons. The summed E-state index contributed by atoms with van der Waals surface area (Å²) in [6.07, 6.45) is 1.19. The Bertz CT molecular complexity index is 504. The van der Waals surface area contributed by atoms with E-state index in [1.165, 1.54) is 12.0 Å². The van der Waals surface area contributed by atoms with Crippen molar-refractivity contribution in [3.05, 3.63) is 22.4 Å². The average Bonchev–Trinajstić information content (AvgIpc) is 3.15. The van der Waals surface area contributed by atoms with E-state index in [2.05, 4.69) is 58.1 Å². The van der Waals surface area contributed by atoms with Gasteiger partial charge in [0.15, 0.2) is 5.96 Å². The highest BCUT2D eigenvalue weighted by atomic mass is 127. The zero-order valence-corrected chi connectivity index (χ0v) is 19.7. The molecule has 0 bridgehead atoms. The van der Waals surface area contributed by atoms with E-state index >= 15 is 0 Å². The molecule has 2 unspecified atom stereocenters. The van der Waals surface area contributed by atoms with E-state index in [4.69, 9.17) is 4.74 Å². The molecule has 0 spiro atoms. The number of halogens is 1. The zero-order valence-electron chi connectivity index (χ0n) is 16.5. The normalized spacial score (nSPS) is 18.3.